The van der Waals surface area contributed by atoms with Crippen molar-refractivity contribution in [1.82, 2.24) is 0 Å². The van der Waals surface area contributed by atoms with Gasteiger partial charge in [0.15, 0.2) is 0 Å². The predicted octanol–water partition coefficient (Wildman–Crippen LogP) is 5.99. The molecular weight excluding hydrogens is 321 g/mol. The van der Waals surface area contributed by atoms with E-state index in [1.807, 2.05) is 32.2 Å². The van der Waals surface area contributed by atoms with Crippen LogP contribution in [0.2, 0.25) is 0 Å². The molecule has 0 amide bonds. The summed E-state index contributed by atoms with van der Waals surface area (Å²) in [5.74, 6) is 0.691. The van der Waals surface area contributed by atoms with Gasteiger partial charge in [-0.1, -0.05) is 31.2 Å². The highest BCUT2D eigenvalue weighted by Gasteiger charge is 2.31. The van der Waals surface area contributed by atoms with Gasteiger partial charge >= 0.3 is 6.36 Å². The Labute approximate surface area is 138 Å². The smallest absolute Gasteiger partial charge is 0.406 e. The fraction of sp³-hybridized carbons (Fsp3) is 0.333. The molecule has 1 nitrogen and oxygen atoms in total. The zero-order valence-electron chi connectivity index (χ0n) is 13.3. The van der Waals surface area contributed by atoms with E-state index in [1.54, 1.807) is 17.8 Å². The summed E-state index contributed by atoms with van der Waals surface area (Å²) in [5.41, 5.74) is 5.09. The third kappa shape index (κ3) is 4.67. The topological polar surface area (TPSA) is 9.23 Å². The Kier molecular flexibility index (Phi) is 5.63. The third-order valence-corrected chi connectivity index (χ3v) is 4.26. The van der Waals surface area contributed by atoms with Gasteiger partial charge < -0.3 is 4.74 Å². The normalized spacial score (nSPS) is 11.6. The molecule has 0 N–H and O–H groups in total. The summed E-state index contributed by atoms with van der Waals surface area (Å²) in [6.45, 7) is 4.03. The van der Waals surface area contributed by atoms with Crippen molar-refractivity contribution in [3.05, 3.63) is 53.1 Å². The first-order chi connectivity index (χ1) is 10.8. The lowest BCUT2D eigenvalue weighted by Gasteiger charge is -2.15. The number of halogens is 3. The average Bonchev–Trinajstić information content (AvgIpc) is 2.48. The molecule has 0 bridgehead atoms. The summed E-state index contributed by atoms with van der Waals surface area (Å²) in [6.07, 6.45) is -1.91. The van der Waals surface area contributed by atoms with Crippen LogP contribution in [0.5, 0.6) is 5.75 Å². The Morgan fingerprint density at radius 3 is 2.39 bits per heavy atom. The number of alkyl halides is 3. The molecule has 0 aromatic heterocycles. The Morgan fingerprint density at radius 2 is 1.78 bits per heavy atom. The highest BCUT2D eigenvalue weighted by atomic mass is 32.2. The fourth-order valence-electron chi connectivity index (χ4n) is 2.48. The lowest BCUT2D eigenvalue weighted by Crippen LogP contribution is -2.17. The number of aryl methyl sites for hydroxylation is 2. The van der Waals surface area contributed by atoms with Crippen LogP contribution >= 0.6 is 11.8 Å². The van der Waals surface area contributed by atoms with Crippen molar-refractivity contribution >= 4 is 11.8 Å². The molecule has 2 aromatic carbocycles. The van der Waals surface area contributed by atoms with Gasteiger partial charge in [-0.3, -0.25) is 0 Å². The van der Waals surface area contributed by atoms with Gasteiger partial charge in [-0.2, -0.15) is 11.8 Å². The molecule has 0 heterocycles. The summed E-state index contributed by atoms with van der Waals surface area (Å²) in [6, 6.07) is 10.6. The molecule has 2 aromatic rings. The Balaban J connectivity index is 2.48. The van der Waals surface area contributed by atoms with Crippen molar-refractivity contribution in [3.8, 4) is 16.9 Å². The molecule has 0 spiro atoms. The zero-order chi connectivity index (χ0) is 17.0. The van der Waals surface area contributed by atoms with Crippen molar-refractivity contribution in [1.29, 1.82) is 0 Å². The van der Waals surface area contributed by atoms with Crippen LogP contribution in [-0.4, -0.2) is 12.6 Å². The van der Waals surface area contributed by atoms with Crippen LogP contribution < -0.4 is 4.74 Å². The Hall–Kier alpha value is -1.62. The van der Waals surface area contributed by atoms with E-state index in [-0.39, 0.29) is 5.75 Å². The minimum atomic E-state index is -4.68. The second-order valence-electron chi connectivity index (χ2n) is 5.29. The number of thioether (sulfide) groups is 1. The number of ether oxygens (including phenoxy) is 1. The SMILES string of the molecule is CCc1ccc(OC(F)(F)F)cc1-c1ccc(C)c(CSC)c1. The van der Waals surface area contributed by atoms with Crippen LogP contribution in [0.3, 0.4) is 0 Å². The molecule has 0 fully saturated rings. The first-order valence-electron chi connectivity index (χ1n) is 7.31. The van der Waals surface area contributed by atoms with Crippen LogP contribution in [-0.2, 0) is 12.2 Å². The highest BCUT2D eigenvalue weighted by molar-refractivity contribution is 7.97. The molecule has 0 radical (unpaired) electrons. The number of hydrogen-bond donors (Lipinski definition) is 0. The molecule has 0 saturated heterocycles. The molecule has 5 heteroatoms. The highest BCUT2D eigenvalue weighted by Crippen LogP contribution is 2.32. The van der Waals surface area contributed by atoms with Gasteiger partial charge in [0.2, 0.25) is 0 Å². The molecule has 0 atom stereocenters. The maximum atomic E-state index is 12.5. The maximum Gasteiger partial charge on any atom is 0.573 e. The first kappa shape index (κ1) is 17.7. The van der Waals surface area contributed by atoms with Crippen molar-refractivity contribution in [2.24, 2.45) is 0 Å². The van der Waals surface area contributed by atoms with E-state index in [1.165, 1.54) is 23.3 Å². The van der Waals surface area contributed by atoms with Crippen molar-refractivity contribution in [2.75, 3.05) is 6.26 Å². The Bertz CT molecular complexity index is 680. The maximum absolute atomic E-state index is 12.5. The minimum absolute atomic E-state index is 0.184. The fourth-order valence-corrected chi connectivity index (χ4v) is 3.10. The van der Waals surface area contributed by atoms with Crippen LogP contribution in [0.1, 0.15) is 23.6 Å². The predicted molar refractivity (Wildman–Crippen MR) is 89.9 cm³/mol. The molecular formula is C18H19F3OS. The van der Waals surface area contributed by atoms with E-state index in [2.05, 4.69) is 10.8 Å². The third-order valence-electron chi connectivity index (χ3n) is 3.66. The summed E-state index contributed by atoms with van der Waals surface area (Å²) < 4.78 is 41.4. The van der Waals surface area contributed by atoms with Crippen molar-refractivity contribution in [3.63, 3.8) is 0 Å². The largest absolute Gasteiger partial charge is 0.573 e. The molecule has 0 aliphatic carbocycles. The summed E-state index contributed by atoms with van der Waals surface area (Å²) in [5, 5.41) is 0. The van der Waals surface area contributed by atoms with E-state index in [4.69, 9.17) is 0 Å². The van der Waals surface area contributed by atoms with E-state index >= 15 is 0 Å². The zero-order valence-corrected chi connectivity index (χ0v) is 14.1. The second-order valence-corrected chi connectivity index (χ2v) is 6.16. The average molecular weight is 340 g/mol. The first-order valence-corrected chi connectivity index (χ1v) is 8.71. The van der Waals surface area contributed by atoms with Gasteiger partial charge in [-0.05, 0) is 59.6 Å². The minimum Gasteiger partial charge on any atom is -0.406 e. The van der Waals surface area contributed by atoms with E-state index in [0.717, 1.165) is 28.9 Å². The molecule has 124 valence electrons. The van der Waals surface area contributed by atoms with Crippen LogP contribution in [0.4, 0.5) is 13.2 Å². The molecule has 0 unspecified atom stereocenters. The lowest BCUT2D eigenvalue weighted by atomic mass is 9.95. The van der Waals surface area contributed by atoms with Gasteiger partial charge in [-0.15, -0.1) is 13.2 Å². The number of rotatable bonds is 5. The van der Waals surface area contributed by atoms with E-state index in [0.29, 0.717) is 0 Å². The second kappa shape index (κ2) is 7.30. The number of benzene rings is 2. The molecule has 0 aliphatic heterocycles. The number of hydrogen-bond acceptors (Lipinski definition) is 2. The summed E-state index contributed by atoms with van der Waals surface area (Å²) in [4.78, 5) is 0. The standard InChI is InChI=1S/C18H19F3OS/c1-4-13-7-8-16(22-18(19,20)21)10-17(13)14-6-5-12(2)15(9-14)11-23-3/h5-10H,4,11H2,1-3H3. The Morgan fingerprint density at radius 1 is 1.04 bits per heavy atom. The van der Waals surface area contributed by atoms with Crippen LogP contribution in [0, 0.1) is 6.92 Å². The van der Waals surface area contributed by atoms with Gasteiger partial charge in [0.05, 0.1) is 0 Å². The van der Waals surface area contributed by atoms with E-state index < -0.39 is 6.36 Å². The molecule has 0 saturated carbocycles. The van der Waals surface area contributed by atoms with Gasteiger partial charge in [0.25, 0.3) is 0 Å². The van der Waals surface area contributed by atoms with Gasteiger partial charge in [0, 0.05) is 5.75 Å². The molecule has 2 rings (SSSR count). The van der Waals surface area contributed by atoms with Crippen molar-refractivity contribution < 1.29 is 17.9 Å². The van der Waals surface area contributed by atoms with Crippen LogP contribution in [0.25, 0.3) is 11.1 Å². The lowest BCUT2D eigenvalue weighted by molar-refractivity contribution is -0.274. The van der Waals surface area contributed by atoms with Crippen LogP contribution in [0.15, 0.2) is 36.4 Å². The van der Waals surface area contributed by atoms with E-state index in [9.17, 15) is 13.2 Å². The molecule has 23 heavy (non-hydrogen) atoms. The van der Waals surface area contributed by atoms with Gasteiger partial charge in [0.1, 0.15) is 5.75 Å². The quantitative estimate of drug-likeness (QED) is 0.661. The van der Waals surface area contributed by atoms with Gasteiger partial charge in [-0.25, -0.2) is 0 Å². The summed E-state index contributed by atoms with van der Waals surface area (Å²) in [7, 11) is 0. The van der Waals surface area contributed by atoms with Crippen molar-refractivity contribution in [2.45, 2.75) is 32.4 Å². The monoisotopic (exact) mass is 340 g/mol. The summed E-state index contributed by atoms with van der Waals surface area (Å²) >= 11 is 1.72. The molecule has 0 aliphatic rings.